The Labute approximate surface area is 131 Å². The first-order valence-electron chi connectivity index (χ1n) is 5.71. The van der Waals surface area contributed by atoms with Gasteiger partial charge in [-0.2, -0.15) is 4.98 Å². The van der Waals surface area contributed by atoms with Crippen LogP contribution in [0.1, 0.15) is 0 Å². The molecule has 1 aromatic carbocycles. The fourth-order valence-corrected chi connectivity index (χ4v) is 2.71. The Balaban J connectivity index is 2.22. The number of rotatable bonds is 4. The van der Waals surface area contributed by atoms with Crippen molar-refractivity contribution in [1.82, 2.24) is 9.97 Å². The predicted octanol–water partition coefficient (Wildman–Crippen LogP) is 2.90. The van der Waals surface area contributed by atoms with Crippen molar-refractivity contribution in [3.63, 3.8) is 0 Å². The van der Waals surface area contributed by atoms with Crippen molar-refractivity contribution in [3.8, 4) is 0 Å². The summed E-state index contributed by atoms with van der Waals surface area (Å²) >= 11 is 2.15. The van der Waals surface area contributed by atoms with Crippen LogP contribution in [0.25, 0.3) is 0 Å². The molecule has 0 spiro atoms. The number of hydrogen-bond acceptors (Lipinski definition) is 6. The average molecular weight is 403 g/mol. The van der Waals surface area contributed by atoms with Crippen LogP contribution in [-0.4, -0.2) is 27.5 Å². The molecule has 106 valence electrons. The van der Waals surface area contributed by atoms with Gasteiger partial charge in [0.05, 0.1) is 13.3 Å². The molecule has 2 aromatic rings. The topological polar surface area (TPSA) is 90.8 Å². The molecular formula is C12H14IN5OS. The molecule has 20 heavy (non-hydrogen) atoms. The normalized spacial score (nSPS) is 13.6. The lowest BCUT2D eigenvalue weighted by Crippen LogP contribution is -2.02. The van der Waals surface area contributed by atoms with Crippen molar-refractivity contribution in [2.24, 2.45) is 0 Å². The Morgan fingerprint density at radius 1 is 1.30 bits per heavy atom. The van der Waals surface area contributed by atoms with Crippen LogP contribution in [0, 0.1) is 8.35 Å². The van der Waals surface area contributed by atoms with Crippen molar-refractivity contribution >= 4 is 49.8 Å². The average Bonchev–Trinajstić information content (AvgIpc) is 2.40. The van der Waals surface area contributed by atoms with Crippen LogP contribution in [0.2, 0.25) is 0 Å². The van der Waals surface area contributed by atoms with Gasteiger partial charge in [-0.3, -0.25) is 0 Å². The van der Waals surface area contributed by atoms with Gasteiger partial charge in [-0.15, -0.1) is 0 Å². The second kappa shape index (κ2) is 5.92. The second-order valence-corrected chi connectivity index (χ2v) is 7.45. The third kappa shape index (κ3) is 3.57. The summed E-state index contributed by atoms with van der Waals surface area (Å²) in [4.78, 5) is 9.02. The number of benzene rings is 1. The summed E-state index contributed by atoms with van der Waals surface area (Å²) < 4.78 is 20.0. The van der Waals surface area contributed by atoms with E-state index >= 15 is 0 Å². The summed E-state index contributed by atoms with van der Waals surface area (Å²) in [6.45, 7) is 0. The highest BCUT2D eigenvalue weighted by Crippen LogP contribution is 2.20. The van der Waals surface area contributed by atoms with Gasteiger partial charge in [-0.05, 0) is 46.9 Å². The van der Waals surface area contributed by atoms with Gasteiger partial charge in [-0.1, -0.05) is 0 Å². The van der Waals surface area contributed by atoms with Crippen molar-refractivity contribution in [2.45, 2.75) is 4.90 Å². The van der Waals surface area contributed by atoms with E-state index < -0.39 is 9.73 Å². The molecular weight excluding hydrogens is 389 g/mol. The fraction of sp³-hybridized carbons (Fsp3) is 0.167. The third-order valence-electron chi connectivity index (χ3n) is 2.54. The molecule has 0 aliphatic rings. The number of nitrogens with zero attached hydrogens (tertiary/aromatic N) is 2. The maximum atomic E-state index is 11.6. The fourth-order valence-electron chi connectivity index (χ4n) is 1.53. The minimum absolute atomic E-state index is 0.477. The zero-order valence-corrected chi connectivity index (χ0v) is 13.9. The summed E-state index contributed by atoms with van der Waals surface area (Å²) in [7, 11) is -0.878. The molecule has 0 saturated heterocycles. The van der Waals surface area contributed by atoms with Crippen LogP contribution in [0.5, 0.6) is 0 Å². The Morgan fingerprint density at radius 3 is 2.50 bits per heavy atom. The van der Waals surface area contributed by atoms with Gasteiger partial charge in [0.1, 0.15) is 5.82 Å². The van der Waals surface area contributed by atoms with Gasteiger partial charge in [-0.25, -0.2) is 14.0 Å². The number of hydrogen-bond donors (Lipinski definition) is 3. The van der Waals surface area contributed by atoms with Crippen LogP contribution >= 0.6 is 22.6 Å². The number of aromatic nitrogens is 2. The lowest BCUT2D eigenvalue weighted by atomic mass is 10.3. The molecule has 6 nitrogen and oxygen atoms in total. The largest absolute Gasteiger partial charge is 0.372 e. The maximum absolute atomic E-state index is 11.6. The Kier molecular flexibility index (Phi) is 4.43. The Morgan fingerprint density at radius 2 is 1.95 bits per heavy atom. The lowest BCUT2D eigenvalue weighted by Gasteiger charge is -2.08. The minimum atomic E-state index is -2.68. The highest BCUT2D eigenvalue weighted by Gasteiger charge is 2.05. The van der Waals surface area contributed by atoms with Crippen molar-refractivity contribution in [3.05, 3.63) is 34.0 Å². The quantitative estimate of drug-likeness (QED) is 0.683. The van der Waals surface area contributed by atoms with Gasteiger partial charge in [0.2, 0.25) is 5.95 Å². The van der Waals surface area contributed by atoms with Crippen LogP contribution in [-0.2, 0) is 9.73 Å². The molecule has 3 N–H and O–H groups in total. The summed E-state index contributed by atoms with van der Waals surface area (Å²) in [5.74, 6) is 1.23. The van der Waals surface area contributed by atoms with E-state index in [1.807, 2.05) is 0 Å². The molecule has 0 fully saturated rings. The van der Waals surface area contributed by atoms with Crippen LogP contribution in [0.15, 0.2) is 35.4 Å². The highest BCUT2D eigenvalue weighted by atomic mass is 127. The first kappa shape index (κ1) is 15.0. The summed E-state index contributed by atoms with van der Waals surface area (Å²) in [6, 6.07) is 6.85. The molecule has 1 heterocycles. The molecule has 0 aliphatic heterocycles. The zero-order valence-electron chi connectivity index (χ0n) is 11.0. The van der Waals surface area contributed by atoms with E-state index in [2.05, 4.69) is 43.2 Å². The van der Waals surface area contributed by atoms with E-state index in [0.717, 1.165) is 15.1 Å². The van der Waals surface area contributed by atoms with Crippen molar-refractivity contribution in [1.29, 1.82) is 4.78 Å². The van der Waals surface area contributed by atoms with E-state index in [4.69, 9.17) is 4.78 Å². The van der Waals surface area contributed by atoms with E-state index in [9.17, 15) is 4.21 Å². The second-order valence-electron chi connectivity index (χ2n) is 4.13. The predicted molar refractivity (Wildman–Crippen MR) is 89.1 cm³/mol. The van der Waals surface area contributed by atoms with E-state index in [-0.39, 0.29) is 0 Å². The molecule has 2 rings (SSSR count). The molecule has 0 aliphatic carbocycles. The number of nitrogens with one attached hydrogen (secondary N) is 3. The number of anilines is 3. The van der Waals surface area contributed by atoms with E-state index in [1.54, 1.807) is 37.5 Å². The van der Waals surface area contributed by atoms with Crippen LogP contribution in [0.3, 0.4) is 0 Å². The first-order chi connectivity index (χ1) is 9.40. The minimum Gasteiger partial charge on any atom is -0.372 e. The van der Waals surface area contributed by atoms with Gasteiger partial charge in [0.15, 0.2) is 0 Å². The Hall–Kier alpha value is -1.42. The molecule has 1 unspecified atom stereocenters. The molecule has 8 heteroatoms. The Bertz CT molecular complexity index is 715. The summed E-state index contributed by atoms with van der Waals surface area (Å²) in [5, 5.41) is 6.05. The molecule has 1 atom stereocenters. The highest BCUT2D eigenvalue weighted by molar-refractivity contribution is 14.1. The summed E-state index contributed by atoms with van der Waals surface area (Å²) in [5.41, 5.74) is 0.778. The van der Waals surface area contributed by atoms with Crippen molar-refractivity contribution in [2.75, 3.05) is 23.9 Å². The lowest BCUT2D eigenvalue weighted by molar-refractivity contribution is 0.679. The van der Waals surface area contributed by atoms with Crippen LogP contribution < -0.4 is 10.6 Å². The SMILES string of the molecule is CNc1nc(Nc2ccc(S(C)(=N)=O)cc2)ncc1I. The molecule has 0 amide bonds. The molecule has 1 aromatic heterocycles. The molecule has 0 bridgehead atoms. The van der Waals surface area contributed by atoms with Crippen LogP contribution in [0.4, 0.5) is 17.5 Å². The van der Waals surface area contributed by atoms with Gasteiger partial charge in [0, 0.05) is 30.1 Å². The smallest absolute Gasteiger partial charge is 0.229 e. The standard InChI is InChI=1S/C12H14IN5OS/c1-15-11-10(13)7-16-12(18-11)17-8-3-5-9(6-4-8)20(2,14)19/h3-7,14H,1-2H3,(H2,15,16,17,18). The number of halogens is 1. The van der Waals surface area contributed by atoms with Gasteiger partial charge >= 0.3 is 0 Å². The third-order valence-corrected chi connectivity index (χ3v) is 4.50. The van der Waals surface area contributed by atoms with Gasteiger partial charge in [0.25, 0.3) is 0 Å². The first-order valence-corrected chi connectivity index (χ1v) is 8.76. The molecule has 0 radical (unpaired) electrons. The van der Waals surface area contributed by atoms with Crippen molar-refractivity contribution < 1.29 is 4.21 Å². The monoisotopic (exact) mass is 403 g/mol. The van der Waals surface area contributed by atoms with E-state index in [0.29, 0.717) is 10.8 Å². The summed E-state index contributed by atoms with van der Waals surface area (Å²) in [6.07, 6.45) is 3.12. The zero-order chi connectivity index (χ0) is 14.8. The van der Waals surface area contributed by atoms with E-state index in [1.165, 1.54) is 6.26 Å². The van der Waals surface area contributed by atoms with Gasteiger partial charge < -0.3 is 10.6 Å². The maximum Gasteiger partial charge on any atom is 0.229 e. The molecule has 0 saturated carbocycles.